The smallest absolute Gasteiger partial charge is 0.0838 e. The second-order valence-corrected chi connectivity index (χ2v) is 8.63. The fourth-order valence-electron chi connectivity index (χ4n) is 3.70. The summed E-state index contributed by atoms with van der Waals surface area (Å²) in [6.07, 6.45) is 6.84. The summed E-state index contributed by atoms with van der Waals surface area (Å²) in [5.41, 5.74) is 1.51. The topological polar surface area (TPSA) is 0 Å². The van der Waals surface area contributed by atoms with Gasteiger partial charge in [0.15, 0.2) is 0 Å². The van der Waals surface area contributed by atoms with Crippen LogP contribution in [0.5, 0.6) is 0 Å². The summed E-state index contributed by atoms with van der Waals surface area (Å²) in [7, 11) is 9.38. The molecule has 2 rings (SSSR count). The van der Waals surface area contributed by atoms with Crippen molar-refractivity contribution >= 4 is 0 Å². The number of rotatable bonds is 7. The van der Waals surface area contributed by atoms with Gasteiger partial charge in [-0.1, -0.05) is 30.3 Å². The molecule has 0 bridgehead atoms. The van der Waals surface area contributed by atoms with Crippen LogP contribution in [-0.4, -0.2) is 63.3 Å². The highest BCUT2D eigenvalue weighted by Gasteiger charge is 2.29. The molecule has 1 saturated heterocycles. The molecule has 1 heterocycles. The summed E-state index contributed by atoms with van der Waals surface area (Å²) in [5, 5.41) is 0. The molecule has 0 amide bonds. The van der Waals surface area contributed by atoms with Crippen molar-refractivity contribution in [2.75, 3.05) is 54.4 Å². The molecule has 0 atom stereocenters. The van der Waals surface area contributed by atoms with Crippen molar-refractivity contribution < 1.29 is 8.97 Å². The summed E-state index contributed by atoms with van der Waals surface area (Å²) in [4.78, 5) is 0. The van der Waals surface area contributed by atoms with E-state index in [1.54, 1.807) is 0 Å². The molecular formula is C20H36N2+2. The van der Waals surface area contributed by atoms with Crippen LogP contribution in [0.1, 0.15) is 31.2 Å². The fourth-order valence-corrected chi connectivity index (χ4v) is 3.70. The Morgan fingerprint density at radius 1 is 1.05 bits per heavy atom. The molecule has 124 valence electrons. The summed E-state index contributed by atoms with van der Waals surface area (Å²) in [5.74, 6) is 0.949. The standard InChI is InChI=1S/C20H36N2/c1-21(2,3)15-8-16-22(4)17-13-20(14-18-22)12-11-19-9-6-5-7-10-19/h5-7,9-10,20H,8,11-18H2,1-4H3/q+2. The Morgan fingerprint density at radius 3 is 2.27 bits per heavy atom. The van der Waals surface area contributed by atoms with E-state index in [-0.39, 0.29) is 0 Å². The maximum atomic E-state index is 2.48. The van der Waals surface area contributed by atoms with Crippen LogP contribution in [0.2, 0.25) is 0 Å². The third-order valence-electron chi connectivity index (χ3n) is 5.37. The van der Waals surface area contributed by atoms with Gasteiger partial charge < -0.3 is 8.97 Å². The highest BCUT2D eigenvalue weighted by atomic mass is 15.3. The lowest BCUT2D eigenvalue weighted by molar-refractivity contribution is -0.922. The molecule has 0 radical (unpaired) electrons. The van der Waals surface area contributed by atoms with Gasteiger partial charge in [0, 0.05) is 6.42 Å². The van der Waals surface area contributed by atoms with Gasteiger partial charge in [0.1, 0.15) is 0 Å². The van der Waals surface area contributed by atoms with E-state index in [1.807, 2.05) is 0 Å². The minimum atomic E-state index is 0.949. The minimum absolute atomic E-state index is 0.949. The van der Waals surface area contributed by atoms with E-state index < -0.39 is 0 Å². The molecule has 2 nitrogen and oxygen atoms in total. The summed E-state index contributed by atoms with van der Waals surface area (Å²) in [6, 6.07) is 11.0. The van der Waals surface area contributed by atoms with Gasteiger partial charge in [-0.2, -0.15) is 0 Å². The Kier molecular flexibility index (Phi) is 6.05. The molecule has 1 aromatic carbocycles. The molecule has 0 unspecified atom stereocenters. The highest BCUT2D eigenvalue weighted by Crippen LogP contribution is 2.26. The van der Waals surface area contributed by atoms with Gasteiger partial charge in [-0.25, -0.2) is 0 Å². The molecule has 0 saturated carbocycles. The maximum Gasteiger partial charge on any atom is 0.0838 e. The van der Waals surface area contributed by atoms with Crippen LogP contribution in [0, 0.1) is 5.92 Å². The van der Waals surface area contributed by atoms with Crippen LogP contribution >= 0.6 is 0 Å². The Balaban J connectivity index is 1.68. The molecule has 1 aromatic rings. The van der Waals surface area contributed by atoms with Gasteiger partial charge in [-0.15, -0.1) is 0 Å². The van der Waals surface area contributed by atoms with E-state index in [9.17, 15) is 0 Å². The van der Waals surface area contributed by atoms with Crippen LogP contribution in [0.3, 0.4) is 0 Å². The lowest BCUT2D eigenvalue weighted by atomic mass is 9.89. The Morgan fingerprint density at radius 2 is 1.68 bits per heavy atom. The third-order valence-corrected chi connectivity index (χ3v) is 5.37. The van der Waals surface area contributed by atoms with Gasteiger partial charge in [-0.3, -0.25) is 0 Å². The molecule has 1 aliphatic heterocycles. The number of benzene rings is 1. The normalized spacial score (nSPS) is 26.1. The zero-order valence-corrected chi connectivity index (χ0v) is 15.2. The number of hydrogen-bond donors (Lipinski definition) is 0. The lowest BCUT2D eigenvalue weighted by Gasteiger charge is -2.41. The second kappa shape index (κ2) is 7.61. The molecule has 0 aliphatic carbocycles. The predicted octanol–water partition coefficient (Wildman–Crippen LogP) is 3.57. The monoisotopic (exact) mass is 304 g/mol. The largest absolute Gasteiger partial charge is 0.331 e. The van der Waals surface area contributed by atoms with Gasteiger partial charge in [0.2, 0.25) is 0 Å². The van der Waals surface area contributed by atoms with Crippen molar-refractivity contribution in [3.63, 3.8) is 0 Å². The number of nitrogens with zero attached hydrogens (tertiary/aromatic N) is 2. The summed E-state index contributed by atoms with van der Waals surface area (Å²) in [6.45, 7) is 5.43. The Bertz CT molecular complexity index is 425. The van der Waals surface area contributed by atoms with Crippen molar-refractivity contribution in [3.8, 4) is 0 Å². The minimum Gasteiger partial charge on any atom is -0.331 e. The molecule has 0 aromatic heterocycles. The molecule has 0 spiro atoms. The molecule has 22 heavy (non-hydrogen) atoms. The number of hydrogen-bond acceptors (Lipinski definition) is 0. The SMILES string of the molecule is C[N+](C)(C)CCC[N+]1(C)CCC(CCc2ccccc2)CC1. The van der Waals surface area contributed by atoms with E-state index in [2.05, 4.69) is 58.5 Å². The summed E-state index contributed by atoms with van der Waals surface area (Å²) >= 11 is 0. The van der Waals surface area contributed by atoms with Gasteiger partial charge >= 0.3 is 0 Å². The van der Waals surface area contributed by atoms with Crippen LogP contribution in [0.25, 0.3) is 0 Å². The average Bonchev–Trinajstić information content (AvgIpc) is 2.46. The first-order valence-electron chi connectivity index (χ1n) is 9.04. The number of aryl methyl sites for hydroxylation is 1. The maximum absolute atomic E-state index is 2.48. The van der Waals surface area contributed by atoms with Crippen LogP contribution < -0.4 is 0 Å². The van der Waals surface area contributed by atoms with E-state index in [4.69, 9.17) is 0 Å². The first-order chi connectivity index (χ1) is 10.4. The van der Waals surface area contributed by atoms with Gasteiger partial charge in [0.05, 0.1) is 54.4 Å². The first-order valence-corrected chi connectivity index (χ1v) is 9.04. The van der Waals surface area contributed by atoms with E-state index in [0.29, 0.717) is 0 Å². The van der Waals surface area contributed by atoms with Crippen LogP contribution in [0.15, 0.2) is 30.3 Å². The summed E-state index contributed by atoms with van der Waals surface area (Å²) < 4.78 is 2.40. The highest BCUT2D eigenvalue weighted by molar-refractivity contribution is 5.14. The lowest BCUT2D eigenvalue weighted by Crippen LogP contribution is -2.51. The van der Waals surface area contributed by atoms with Crippen LogP contribution in [0.4, 0.5) is 0 Å². The molecule has 2 heteroatoms. The molecule has 1 aliphatic rings. The second-order valence-electron chi connectivity index (χ2n) is 8.63. The Hall–Kier alpha value is -0.860. The Labute approximate surface area is 137 Å². The van der Waals surface area contributed by atoms with Gasteiger partial charge in [0.25, 0.3) is 0 Å². The molecule has 1 fully saturated rings. The van der Waals surface area contributed by atoms with Crippen molar-refractivity contribution in [2.24, 2.45) is 5.92 Å². The first kappa shape index (κ1) is 17.5. The van der Waals surface area contributed by atoms with E-state index in [0.717, 1.165) is 10.4 Å². The van der Waals surface area contributed by atoms with Crippen molar-refractivity contribution in [1.29, 1.82) is 0 Å². The van der Waals surface area contributed by atoms with Crippen LogP contribution in [-0.2, 0) is 6.42 Å². The van der Waals surface area contributed by atoms with Crippen molar-refractivity contribution in [1.82, 2.24) is 0 Å². The molecular weight excluding hydrogens is 268 g/mol. The quantitative estimate of drug-likeness (QED) is 0.676. The van der Waals surface area contributed by atoms with Gasteiger partial charge in [-0.05, 0) is 37.2 Å². The van der Waals surface area contributed by atoms with Crippen molar-refractivity contribution in [3.05, 3.63) is 35.9 Å². The van der Waals surface area contributed by atoms with E-state index in [1.165, 1.54) is 68.3 Å². The number of piperidine rings is 1. The zero-order chi connectivity index (χ0) is 16.1. The zero-order valence-electron chi connectivity index (χ0n) is 15.2. The number of quaternary nitrogens is 2. The van der Waals surface area contributed by atoms with E-state index >= 15 is 0 Å². The number of likely N-dealkylation sites (tertiary alicyclic amines) is 1. The van der Waals surface area contributed by atoms with Crippen molar-refractivity contribution in [2.45, 2.75) is 32.1 Å². The molecule has 0 N–H and O–H groups in total. The average molecular weight is 305 g/mol. The fraction of sp³-hybridized carbons (Fsp3) is 0.700. The predicted molar refractivity (Wildman–Crippen MR) is 95.8 cm³/mol. The third kappa shape index (κ3) is 6.10.